The normalized spacial score (nSPS) is 11.2. The van der Waals surface area contributed by atoms with Gasteiger partial charge in [0.05, 0.1) is 6.54 Å². The zero-order chi connectivity index (χ0) is 12.1. The van der Waals surface area contributed by atoms with Crippen molar-refractivity contribution in [1.29, 1.82) is 0 Å². The van der Waals surface area contributed by atoms with Crippen LogP contribution < -0.4 is 5.32 Å². The van der Waals surface area contributed by atoms with Gasteiger partial charge in [-0.2, -0.15) is 4.98 Å². The van der Waals surface area contributed by atoms with E-state index in [1.54, 1.807) is 0 Å². The maximum absolute atomic E-state index is 4.73. The first-order valence-electron chi connectivity index (χ1n) is 5.85. The van der Waals surface area contributed by atoms with E-state index in [2.05, 4.69) is 39.9 Å². The predicted molar refractivity (Wildman–Crippen MR) is 64.4 cm³/mol. The van der Waals surface area contributed by atoms with Gasteiger partial charge in [0.2, 0.25) is 6.39 Å². The largest absolute Gasteiger partial charge is 0.343 e. The molecule has 0 unspecified atom stereocenters. The summed E-state index contributed by atoms with van der Waals surface area (Å²) in [6, 6.07) is 4.14. The average Bonchev–Trinajstić information content (AvgIpc) is 2.91. The van der Waals surface area contributed by atoms with Crippen LogP contribution in [0, 0.1) is 5.92 Å². The summed E-state index contributed by atoms with van der Waals surface area (Å²) in [7, 11) is 0. The summed E-state index contributed by atoms with van der Waals surface area (Å²) in [5, 5.41) is 7.24. The van der Waals surface area contributed by atoms with Crippen LogP contribution in [0.2, 0.25) is 0 Å². The molecule has 5 nitrogen and oxygen atoms in total. The zero-order valence-corrected chi connectivity index (χ0v) is 10.3. The summed E-state index contributed by atoms with van der Waals surface area (Å²) in [5.41, 5.74) is 1.23. The van der Waals surface area contributed by atoms with Gasteiger partial charge in [-0.05, 0) is 24.6 Å². The van der Waals surface area contributed by atoms with E-state index in [0.29, 0.717) is 18.3 Å². The molecule has 0 saturated carbocycles. The molecule has 17 heavy (non-hydrogen) atoms. The third-order valence-corrected chi connectivity index (χ3v) is 2.50. The van der Waals surface area contributed by atoms with Gasteiger partial charge in [-0.3, -0.25) is 0 Å². The Morgan fingerprint density at radius 3 is 3.06 bits per heavy atom. The van der Waals surface area contributed by atoms with Crippen molar-refractivity contribution < 1.29 is 4.52 Å². The van der Waals surface area contributed by atoms with E-state index in [9.17, 15) is 0 Å². The second-order valence-corrected chi connectivity index (χ2v) is 4.50. The lowest BCUT2D eigenvalue weighted by atomic mass is 10.2. The van der Waals surface area contributed by atoms with Crippen LogP contribution in [0.15, 0.2) is 29.2 Å². The quantitative estimate of drug-likeness (QED) is 0.826. The van der Waals surface area contributed by atoms with E-state index >= 15 is 0 Å². The molecule has 0 atom stereocenters. The second-order valence-electron chi connectivity index (χ2n) is 4.50. The third-order valence-electron chi connectivity index (χ3n) is 2.50. The first-order valence-corrected chi connectivity index (χ1v) is 5.85. The van der Waals surface area contributed by atoms with Crippen LogP contribution >= 0.6 is 0 Å². The van der Waals surface area contributed by atoms with Gasteiger partial charge in [0.25, 0.3) is 0 Å². The molecule has 2 rings (SSSR count). The Hall–Kier alpha value is -1.62. The maximum atomic E-state index is 4.73. The molecule has 0 radical (unpaired) electrons. The maximum Gasteiger partial charge on any atom is 0.213 e. The molecule has 0 amide bonds. The SMILES string of the molecule is CC(C)CNCc1cccn1Cc1ncon1. The monoisotopic (exact) mass is 234 g/mol. The predicted octanol–water partition coefficient (Wildman–Crippen LogP) is 1.67. The van der Waals surface area contributed by atoms with Gasteiger partial charge in [-0.15, -0.1) is 0 Å². The van der Waals surface area contributed by atoms with Crippen molar-refractivity contribution >= 4 is 0 Å². The highest BCUT2D eigenvalue weighted by Crippen LogP contribution is 2.05. The average molecular weight is 234 g/mol. The van der Waals surface area contributed by atoms with Crippen molar-refractivity contribution in [1.82, 2.24) is 20.0 Å². The summed E-state index contributed by atoms with van der Waals surface area (Å²) < 4.78 is 6.85. The molecule has 0 aliphatic rings. The van der Waals surface area contributed by atoms with Gasteiger partial charge >= 0.3 is 0 Å². The lowest BCUT2D eigenvalue weighted by molar-refractivity contribution is 0.407. The summed E-state index contributed by atoms with van der Waals surface area (Å²) in [5.74, 6) is 1.36. The van der Waals surface area contributed by atoms with Crippen molar-refractivity contribution in [3.8, 4) is 0 Å². The van der Waals surface area contributed by atoms with Crippen LogP contribution in [-0.4, -0.2) is 21.3 Å². The Labute approximate surface area is 101 Å². The van der Waals surface area contributed by atoms with Crippen molar-refractivity contribution in [3.05, 3.63) is 36.2 Å². The summed E-state index contributed by atoms with van der Waals surface area (Å²) in [4.78, 5) is 4.02. The molecule has 2 aromatic rings. The standard InChI is InChI=1S/C12H18N4O/c1-10(2)6-13-7-11-4-3-5-16(11)8-12-14-9-17-15-12/h3-5,9-10,13H,6-8H2,1-2H3. The number of aromatic nitrogens is 3. The minimum atomic E-state index is 0.655. The minimum absolute atomic E-state index is 0.655. The first kappa shape index (κ1) is 11.9. The lowest BCUT2D eigenvalue weighted by Crippen LogP contribution is -2.21. The van der Waals surface area contributed by atoms with Crippen LogP contribution in [0.1, 0.15) is 25.4 Å². The topological polar surface area (TPSA) is 55.9 Å². The van der Waals surface area contributed by atoms with Gasteiger partial charge in [-0.1, -0.05) is 19.0 Å². The fraction of sp³-hybridized carbons (Fsp3) is 0.500. The number of rotatable bonds is 6. The molecular formula is C12H18N4O. The van der Waals surface area contributed by atoms with E-state index < -0.39 is 0 Å². The van der Waals surface area contributed by atoms with Gasteiger partial charge in [0, 0.05) is 18.4 Å². The molecular weight excluding hydrogens is 216 g/mol. The van der Waals surface area contributed by atoms with Gasteiger partial charge in [0.1, 0.15) is 0 Å². The van der Waals surface area contributed by atoms with Crippen LogP contribution in [0.5, 0.6) is 0 Å². The molecule has 0 bridgehead atoms. The van der Waals surface area contributed by atoms with Gasteiger partial charge < -0.3 is 14.4 Å². The molecule has 0 spiro atoms. The molecule has 0 fully saturated rings. The Kier molecular flexibility index (Phi) is 3.93. The summed E-state index contributed by atoms with van der Waals surface area (Å²) in [6.07, 6.45) is 3.39. The van der Waals surface area contributed by atoms with Crippen LogP contribution in [0.4, 0.5) is 0 Å². The fourth-order valence-electron chi connectivity index (χ4n) is 1.67. The molecule has 2 aromatic heterocycles. The van der Waals surface area contributed by atoms with Crippen LogP contribution in [0.25, 0.3) is 0 Å². The van der Waals surface area contributed by atoms with Gasteiger partial charge in [0.15, 0.2) is 5.82 Å². The van der Waals surface area contributed by atoms with E-state index in [1.165, 1.54) is 12.1 Å². The lowest BCUT2D eigenvalue weighted by Gasteiger charge is -2.10. The smallest absolute Gasteiger partial charge is 0.213 e. The number of nitrogens with one attached hydrogen (secondary N) is 1. The Balaban J connectivity index is 1.92. The molecule has 1 N–H and O–H groups in total. The molecule has 5 heteroatoms. The number of hydrogen-bond donors (Lipinski definition) is 1. The van der Waals surface area contributed by atoms with Gasteiger partial charge in [-0.25, -0.2) is 0 Å². The minimum Gasteiger partial charge on any atom is -0.343 e. The molecule has 0 aliphatic heterocycles. The first-order chi connectivity index (χ1) is 8.25. The van der Waals surface area contributed by atoms with Crippen molar-refractivity contribution in [3.63, 3.8) is 0 Å². The molecule has 0 aliphatic carbocycles. The van der Waals surface area contributed by atoms with E-state index in [4.69, 9.17) is 4.52 Å². The molecule has 2 heterocycles. The van der Waals surface area contributed by atoms with E-state index in [-0.39, 0.29) is 0 Å². The Bertz CT molecular complexity index is 433. The van der Waals surface area contributed by atoms with Crippen LogP contribution in [0.3, 0.4) is 0 Å². The highest BCUT2D eigenvalue weighted by molar-refractivity contribution is 5.08. The zero-order valence-electron chi connectivity index (χ0n) is 10.3. The third kappa shape index (κ3) is 3.42. The van der Waals surface area contributed by atoms with Crippen molar-refractivity contribution in [2.45, 2.75) is 26.9 Å². The molecule has 0 saturated heterocycles. The Morgan fingerprint density at radius 2 is 2.35 bits per heavy atom. The molecule has 92 valence electrons. The highest BCUT2D eigenvalue weighted by Gasteiger charge is 2.04. The van der Waals surface area contributed by atoms with Crippen LogP contribution in [-0.2, 0) is 13.1 Å². The van der Waals surface area contributed by atoms with E-state index in [0.717, 1.165) is 13.1 Å². The number of hydrogen-bond acceptors (Lipinski definition) is 4. The van der Waals surface area contributed by atoms with Crippen molar-refractivity contribution in [2.75, 3.05) is 6.54 Å². The van der Waals surface area contributed by atoms with Crippen molar-refractivity contribution in [2.24, 2.45) is 5.92 Å². The summed E-state index contributed by atoms with van der Waals surface area (Å²) >= 11 is 0. The summed E-state index contributed by atoms with van der Waals surface area (Å²) in [6.45, 7) is 6.94. The Morgan fingerprint density at radius 1 is 1.47 bits per heavy atom. The number of nitrogens with zero attached hydrogens (tertiary/aromatic N) is 3. The molecule has 0 aromatic carbocycles. The van der Waals surface area contributed by atoms with E-state index in [1.807, 2.05) is 12.3 Å². The fourth-order valence-corrected chi connectivity index (χ4v) is 1.67. The highest BCUT2D eigenvalue weighted by atomic mass is 16.5. The second kappa shape index (κ2) is 5.63.